The quantitative estimate of drug-likeness (QED) is 0.178. The molecule has 5 aliphatic rings. The Morgan fingerprint density at radius 3 is 2.46 bits per heavy atom. The molecule has 16 nitrogen and oxygen atoms in total. The van der Waals surface area contributed by atoms with Gasteiger partial charge in [0.2, 0.25) is 23.5 Å². The minimum atomic E-state index is -1.37. The number of rotatable bonds is 13. The van der Waals surface area contributed by atoms with Gasteiger partial charge in [0.15, 0.2) is 5.82 Å². The van der Waals surface area contributed by atoms with Crippen LogP contribution in [0.2, 0.25) is 0 Å². The number of hydrogen-bond donors (Lipinski definition) is 5. The Kier molecular flexibility index (Phi) is 8.68. The number of ketones is 1. The Hall–Kier alpha value is -4.89. The van der Waals surface area contributed by atoms with Gasteiger partial charge in [-0.3, -0.25) is 33.6 Å². The van der Waals surface area contributed by atoms with Crippen molar-refractivity contribution in [2.45, 2.75) is 88.8 Å². The van der Waals surface area contributed by atoms with E-state index in [4.69, 9.17) is 10.3 Å². The lowest BCUT2D eigenvalue weighted by atomic mass is 9.47. The van der Waals surface area contributed by atoms with E-state index in [1.54, 1.807) is 0 Å². The number of nitrogens with one attached hydrogen (secondary N) is 4. The SMILES string of the molecule is CNC(=O)C(=O)CC[C@H](NC(=O)c1nc(C2(C)CC2)no1)C(=O)Nc1cccn(CC(=O)NC2C3CC4CC2CC(C(N)=O)(C4)C3)c1=O. The van der Waals surface area contributed by atoms with Crippen LogP contribution in [-0.2, 0) is 35.9 Å². The van der Waals surface area contributed by atoms with Gasteiger partial charge in [0.05, 0.1) is 0 Å². The molecule has 2 unspecified atom stereocenters. The summed E-state index contributed by atoms with van der Waals surface area (Å²) in [4.78, 5) is 93.3. The fraction of sp³-hybridized carbons (Fsp3) is 0.594. The zero-order valence-electron chi connectivity index (χ0n) is 26.9. The van der Waals surface area contributed by atoms with Gasteiger partial charge < -0.3 is 36.1 Å². The number of pyridine rings is 1. The number of Topliss-reactive ketones (excluding diaryl/α,β-unsaturated/α-hetero) is 1. The second kappa shape index (κ2) is 12.6. The summed E-state index contributed by atoms with van der Waals surface area (Å²) in [6.07, 6.45) is 6.44. The van der Waals surface area contributed by atoms with Gasteiger partial charge in [-0.2, -0.15) is 4.98 Å². The van der Waals surface area contributed by atoms with Crippen molar-refractivity contribution >= 4 is 41.0 Å². The van der Waals surface area contributed by atoms with E-state index in [1.165, 1.54) is 25.4 Å². The molecule has 0 radical (unpaired) electrons. The van der Waals surface area contributed by atoms with Crippen LogP contribution in [0.4, 0.5) is 5.69 Å². The first kappa shape index (κ1) is 33.0. The number of carbonyl (C=O) groups excluding carboxylic acids is 6. The molecule has 0 aliphatic heterocycles. The Bertz CT molecular complexity index is 1710. The molecule has 0 spiro atoms. The largest absolute Gasteiger partial charge is 0.369 e. The van der Waals surface area contributed by atoms with E-state index in [-0.39, 0.29) is 66.1 Å². The smallest absolute Gasteiger partial charge is 0.315 e. The Balaban J connectivity index is 1.11. The molecular formula is C32H40N8O8. The molecule has 3 atom stereocenters. The molecule has 5 saturated carbocycles. The molecule has 0 aromatic carbocycles. The number of nitrogens with zero attached hydrogens (tertiary/aromatic N) is 3. The van der Waals surface area contributed by atoms with E-state index in [0.29, 0.717) is 24.6 Å². The highest BCUT2D eigenvalue weighted by molar-refractivity contribution is 6.36. The van der Waals surface area contributed by atoms with Gasteiger partial charge in [0, 0.05) is 36.5 Å². The monoisotopic (exact) mass is 664 g/mol. The van der Waals surface area contributed by atoms with E-state index in [0.717, 1.165) is 36.7 Å². The maximum Gasteiger partial charge on any atom is 0.315 e. The van der Waals surface area contributed by atoms with Crippen molar-refractivity contribution in [3.63, 3.8) is 0 Å². The molecule has 2 heterocycles. The molecule has 2 aromatic heterocycles. The molecule has 0 saturated heterocycles. The van der Waals surface area contributed by atoms with Gasteiger partial charge in [-0.05, 0) is 81.3 Å². The van der Waals surface area contributed by atoms with Crippen LogP contribution < -0.4 is 32.6 Å². The number of carbonyl (C=O) groups is 6. The van der Waals surface area contributed by atoms with Crippen molar-refractivity contribution in [1.82, 2.24) is 30.7 Å². The molecule has 5 fully saturated rings. The molecule has 5 amide bonds. The lowest BCUT2D eigenvalue weighted by Crippen LogP contribution is -2.62. The number of aromatic nitrogens is 3. The molecule has 7 rings (SSSR count). The van der Waals surface area contributed by atoms with Gasteiger partial charge >= 0.3 is 11.8 Å². The summed E-state index contributed by atoms with van der Waals surface area (Å²) in [5.41, 5.74) is 4.20. The zero-order chi connectivity index (χ0) is 34.4. The summed E-state index contributed by atoms with van der Waals surface area (Å²) in [6, 6.07) is 1.37. The number of hydrogen-bond acceptors (Lipinski definition) is 10. The fourth-order valence-electron chi connectivity index (χ4n) is 7.91. The number of anilines is 1. The summed E-state index contributed by atoms with van der Waals surface area (Å²) < 4.78 is 6.26. The minimum absolute atomic E-state index is 0.107. The summed E-state index contributed by atoms with van der Waals surface area (Å²) >= 11 is 0. The van der Waals surface area contributed by atoms with E-state index in [1.807, 2.05) is 6.92 Å². The van der Waals surface area contributed by atoms with Crippen molar-refractivity contribution < 1.29 is 33.3 Å². The molecule has 4 bridgehead atoms. The lowest BCUT2D eigenvalue weighted by Gasteiger charge is -2.58. The first-order valence-electron chi connectivity index (χ1n) is 16.3. The second-order valence-electron chi connectivity index (χ2n) is 14.1. The van der Waals surface area contributed by atoms with Gasteiger partial charge in [-0.25, -0.2) is 0 Å². The minimum Gasteiger partial charge on any atom is -0.369 e. The van der Waals surface area contributed by atoms with Crippen molar-refractivity contribution in [1.29, 1.82) is 0 Å². The second-order valence-corrected chi connectivity index (χ2v) is 14.1. The first-order valence-corrected chi connectivity index (χ1v) is 16.3. The average Bonchev–Trinajstić information content (AvgIpc) is 3.58. The summed E-state index contributed by atoms with van der Waals surface area (Å²) in [6.45, 7) is 1.63. The van der Waals surface area contributed by atoms with Crippen LogP contribution in [0.15, 0.2) is 27.6 Å². The lowest BCUT2D eigenvalue weighted by molar-refractivity contribution is -0.147. The van der Waals surface area contributed by atoms with Gasteiger partial charge in [0.1, 0.15) is 18.3 Å². The number of nitrogens with two attached hydrogens (primary N) is 1. The first-order chi connectivity index (χ1) is 22.8. The highest BCUT2D eigenvalue weighted by Crippen LogP contribution is 2.59. The number of amides is 5. The molecule has 48 heavy (non-hydrogen) atoms. The van der Waals surface area contributed by atoms with Gasteiger partial charge in [-0.1, -0.05) is 12.1 Å². The maximum absolute atomic E-state index is 13.4. The van der Waals surface area contributed by atoms with E-state index >= 15 is 0 Å². The molecule has 16 heteroatoms. The predicted octanol–water partition coefficient (Wildman–Crippen LogP) is -0.0884. The molecule has 256 valence electrons. The highest BCUT2D eigenvalue weighted by atomic mass is 16.5. The number of likely N-dealkylation sites (N-methyl/N-ethyl adjacent to an activating group) is 1. The molecule has 6 N–H and O–H groups in total. The standard InChI is InChI=1S/C32H40N8O8/c1-31(7-8-31)30-38-27(48-39-30)26(45)35-19(5-6-21(41)25(44)34-2)24(43)36-20-4-3-9-40(28(20)46)15-22(42)37-23-17-10-16-11-18(23)14-32(12-16,13-17)29(33)47/h3-4,9,16-19,23H,5-8,10-15H2,1-2H3,(H2,33,47)(H,34,44)(H,35,45)(H,36,43)(H,37,42)/t16?,17?,18?,19-,23?,32?/m0/s1. The Morgan fingerprint density at radius 1 is 1.10 bits per heavy atom. The van der Waals surface area contributed by atoms with E-state index < -0.39 is 40.5 Å². The van der Waals surface area contributed by atoms with Crippen molar-refractivity contribution in [2.75, 3.05) is 12.4 Å². The van der Waals surface area contributed by atoms with Gasteiger partial charge in [-0.15, -0.1) is 0 Å². The van der Waals surface area contributed by atoms with Crippen LogP contribution in [0.3, 0.4) is 0 Å². The van der Waals surface area contributed by atoms with Gasteiger partial charge in [0.25, 0.3) is 11.5 Å². The Morgan fingerprint density at radius 2 is 1.81 bits per heavy atom. The average molecular weight is 665 g/mol. The third-order valence-corrected chi connectivity index (χ3v) is 10.6. The van der Waals surface area contributed by atoms with E-state index in [9.17, 15) is 33.6 Å². The van der Waals surface area contributed by atoms with Crippen LogP contribution in [0.1, 0.15) is 81.2 Å². The molecule has 2 aromatic rings. The van der Waals surface area contributed by atoms with Crippen LogP contribution in [0.5, 0.6) is 0 Å². The van der Waals surface area contributed by atoms with Crippen LogP contribution >= 0.6 is 0 Å². The highest BCUT2D eigenvalue weighted by Gasteiger charge is 2.58. The van der Waals surface area contributed by atoms with Crippen molar-refractivity contribution in [3.8, 4) is 0 Å². The molecular weight excluding hydrogens is 624 g/mol. The van der Waals surface area contributed by atoms with Crippen LogP contribution in [-0.4, -0.2) is 69.2 Å². The third kappa shape index (κ3) is 6.47. The van der Waals surface area contributed by atoms with Crippen LogP contribution in [0.25, 0.3) is 0 Å². The summed E-state index contributed by atoms with van der Waals surface area (Å²) in [5.74, 6) is -3.27. The van der Waals surface area contributed by atoms with E-state index in [2.05, 4.69) is 31.4 Å². The van der Waals surface area contributed by atoms with Crippen LogP contribution in [0, 0.1) is 23.2 Å². The predicted molar refractivity (Wildman–Crippen MR) is 167 cm³/mol. The maximum atomic E-state index is 13.4. The Labute approximate surface area is 275 Å². The third-order valence-electron chi connectivity index (χ3n) is 10.6. The summed E-state index contributed by atoms with van der Waals surface area (Å²) in [5, 5.41) is 14.1. The topological polar surface area (TPSA) is 237 Å². The fourth-order valence-corrected chi connectivity index (χ4v) is 7.91. The zero-order valence-corrected chi connectivity index (χ0v) is 26.9. The number of primary amides is 1. The van der Waals surface area contributed by atoms with Crippen molar-refractivity contribution in [2.24, 2.45) is 28.9 Å². The summed E-state index contributed by atoms with van der Waals surface area (Å²) in [7, 11) is 1.29. The normalized spacial score (nSPS) is 26.6. The van der Waals surface area contributed by atoms with Crippen molar-refractivity contribution in [3.05, 3.63) is 40.4 Å². The molecule has 5 aliphatic carbocycles.